The number of hydrogen-bond acceptors (Lipinski definition) is 5. The number of methoxy groups -OCH3 is 1. The maximum Gasteiger partial charge on any atom is 0.387 e. The number of imide groups is 1. The van der Waals surface area contributed by atoms with Crippen molar-refractivity contribution in [2.75, 3.05) is 25.5 Å². The highest BCUT2D eigenvalue weighted by Gasteiger charge is 2.29. The number of nitrogens with zero attached hydrogens (tertiary/aromatic N) is 1. The van der Waals surface area contributed by atoms with Crippen molar-refractivity contribution < 1.29 is 27.8 Å². The number of urea groups is 1. The molecule has 0 spiro atoms. The van der Waals surface area contributed by atoms with E-state index in [0.717, 1.165) is 4.90 Å². The number of halogens is 2. The van der Waals surface area contributed by atoms with E-state index in [0.29, 0.717) is 18.8 Å². The van der Waals surface area contributed by atoms with Gasteiger partial charge in [-0.25, -0.2) is 4.79 Å². The minimum absolute atomic E-state index is 0.147. The fraction of sp³-hybridized carbons (Fsp3) is 0.429. The first-order chi connectivity index (χ1) is 10.9. The molecule has 7 nitrogen and oxygen atoms in total. The SMILES string of the molecule is COc1ccc(N[C@H](C)C(=O)N2CCNC2=O)cc1OC(F)F. The Kier molecular flexibility index (Phi) is 5.20. The highest BCUT2D eigenvalue weighted by Crippen LogP contribution is 2.31. The minimum Gasteiger partial charge on any atom is -0.493 e. The van der Waals surface area contributed by atoms with Gasteiger partial charge < -0.3 is 20.1 Å². The molecule has 0 bridgehead atoms. The highest BCUT2D eigenvalue weighted by molar-refractivity contribution is 5.99. The third-order valence-electron chi connectivity index (χ3n) is 3.26. The second kappa shape index (κ2) is 7.12. The summed E-state index contributed by atoms with van der Waals surface area (Å²) in [7, 11) is 1.33. The van der Waals surface area contributed by atoms with Crippen molar-refractivity contribution in [2.24, 2.45) is 0 Å². The van der Waals surface area contributed by atoms with Crippen LogP contribution < -0.4 is 20.1 Å². The zero-order valence-electron chi connectivity index (χ0n) is 12.6. The van der Waals surface area contributed by atoms with E-state index in [-0.39, 0.29) is 11.5 Å². The number of amides is 3. The van der Waals surface area contributed by atoms with E-state index in [4.69, 9.17) is 4.74 Å². The van der Waals surface area contributed by atoms with E-state index in [2.05, 4.69) is 15.4 Å². The minimum atomic E-state index is -2.99. The van der Waals surface area contributed by atoms with Crippen LogP contribution in [0, 0.1) is 0 Å². The number of alkyl halides is 2. The highest BCUT2D eigenvalue weighted by atomic mass is 19.3. The fourth-order valence-corrected chi connectivity index (χ4v) is 2.18. The summed E-state index contributed by atoms with van der Waals surface area (Å²) in [6.07, 6.45) is 0. The van der Waals surface area contributed by atoms with Gasteiger partial charge in [-0.15, -0.1) is 0 Å². The van der Waals surface area contributed by atoms with Crippen LogP contribution >= 0.6 is 0 Å². The molecule has 2 N–H and O–H groups in total. The molecule has 1 aromatic carbocycles. The van der Waals surface area contributed by atoms with E-state index in [1.54, 1.807) is 13.0 Å². The first-order valence-electron chi connectivity index (χ1n) is 6.91. The number of ether oxygens (including phenoxy) is 2. The number of rotatable bonds is 6. The molecule has 1 aliphatic heterocycles. The normalized spacial score (nSPS) is 15.3. The summed E-state index contributed by atoms with van der Waals surface area (Å²) < 4.78 is 34.1. The molecule has 1 atom stereocenters. The van der Waals surface area contributed by atoms with Crippen LogP contribution in [0.4, 0.5) is 19.3 Å². The topological polar surface area (TPSA) is 79.9 Å². The maximum absolute atomic E-state index is 12.4. The van der Waals surface area contributed by atoms with Crippen molar-refractivity contribution in [2.45, 2.75) is 19.6 Å². The second-order valence-corrected chi connectivity index (χ2v) is 4.83. The van der Waals surface area contributed by atoms with Gasteiger partial charge in [0.25, 0.3) is 5.91 Å². The molecular formula is C14H17F2N3O4. The molecule has 3 amide bonds. The summed E-state index contributed by atoms with van der Waals surface area (Å²) in [6, 6.07) is 3.15. The summed E-state index contributed by atoms with van der Waals surface area (Å²) in [5.74, 6) is -0.410. The molecule has 126 valence electrons. The number of carbonyl (C=O) groups is 2. The molecule has 0 aliphatic carbocycles. The maximum atomic E-state index is 12.4. The second-order valence-electron chi connectivity index (χ2n) is 4.83. The lowest BCUT2D eigenvalue weighted by atomic mass is 10.2. The Morgan fingerprint density at radius 3 is 2.70 bits per heavy atom. The van der Waals surface area contributed by atoms with Gasteiger partial charge in [0.1, 0.15) is 6.04 Å². The van der Waals surface area contributed by atoms with E-state index in [1.165, 1.54) is 19.2 Å². The smallest absolute Gasteiger partial charge is 0.387 e. The van der Waals surface area contributed by atoms with Crippen molar-refractivity contribution in [1.29, 1.82) is 0 Å². The lowest BCUT2D eigenvalue weighted by molar-refractivity contribution is -0.128. The van der Waals surface area contributed by atoms with Crippen LogP contribution in [0.3, 0.4) is 0 Å². The Morgan fingerprint density at radius 2 is 2.13 bits per heavy atom. The third-order valence-corrected chi connectivity index (χ3v) is 3.26. The van der Waals surface area contributed by atoms with Gasteiger partial charge in [-0.3, -0.25) is 9.69 Å². The number of benzene rings is 1. The number of carbonyl (C=O) groups excluding carboxylic acids is 2. The van der Waals surface area contributed by atoms with Crippen molar-refractivity contribution in [3.8, 4) is 11.5 Å². The Balaban J connectivity index is 2.09. The van der Waals surface area contributed by atoms with Crippen LogP contribution in [-0.2, 0) is 4.79 Å². The molecule has 2 rings (SSSR count). The van der Waals surface area contributed by atoms with Gasteiger partial charge in [0.05, 0.1) is 7.11 Å². The molecule has 1 fully saturated rings. The molecule has 1 heterocycles. The first-order valence-corrected chi connectivity index (χ1v) is 6.91. The van der Waals surface area contributed by atoms with Gasteiger partial charge in [0, 0.05) is 24.8 Å². The zero-order chi connectivity index (χ0) is 17.0. The van der Waals surface area contributed by atoms with Gasteiger partial charge in [-0.2, -0.15) is 8.78 Å². The number of hydrogen-bond donors (Lipinski definition) is 2. The first kappa shape index (κ1) is 16.8. The molecule has 0 aromatic heterocycles. The van der Waals surface area contributed by atoms with E-state index >= 15 is 0 Å². The van der Waals surface area contributed by atoms with Crippen LogP contribution in [0.1, 0.15) is 6.92 Å². The predicted molar refractivity (Wildman–Crippen MR) is 77.8 cm³/mol. The standard InChI is InChI=1S/C14H17F2N3O4/c1-8(12(20)19-6-5-17-14(19)21)18-9-3-4-10(22-2)11(7-9)23-13(15)16/h3-4,7-8,13,18H,5-6H2,1-2H3,(H,17,21)/t8-/m1/s1. The predicted octanol–water partition coefficient (Wildman–Crippen LogP) is 1.65. The summed E-state index contributed by atoms with van der Waals surface area (Å²) in [5.41, 5.74) is 0.391. The quantitative estimate of drug-likeness (QED) is 0.829. The molecule has 0 saturated carbocycles. The average molecular weight is 329 g/mol. The van der Waals surface area contributed by atoms with Crippen LogP contribution in [0.15, 0.2) is 18.2 Å². The summed E-state index contributed by atoms with van der Waals surface area (Å²) in [4.78, 5) is 24.7. The molecule has 1 aliphatic rings. The fourth-order valence-electron chi connectivity index (χ4n) is 2.18. The Hall–Kier alpha value is -2.58. The Labute approximate surface area is 131 Å². The molecule has 0 radical (unpaired) electrons. The van der Waals surface area contributed by atoms with Crippen molar-refractivity contribution in [3.63, 3.8) is 0 Å². The summed E-state index contributed by atoms with van der Waals surface area (Å²) >= 11 is 0. The summed E-state index contributed by atoms with van der Waals surface area (Å²) in [6.45, 7) is -0.712. The van der Waals surface area contributed by atoms with Crippen molar-refractivity contribution in [1.82, 2.24) is 10.2 Å². The largest absolute Gasteiger partial charge is 0.493 e. The van der Waals surface area contributed by atoms with Crippen LogP contribution in [0.25, 0.3) is 0 Å². The molecule has 9 heteroatoms. The summed E-state index contributed by atoms with van der Waals surface area (Å²) in [5, 5.41) is 5.39. The van der Waals surface area contributed by atoms with Gasteiger partial charge in [0.15, 0.2) is 11.5 Å². The van der Waals surface area contributed by atoms with Crippen LogP contribution in [0.2, 0.25) is 0 Å². The van der Waals surface area contributed by atoms with E-state index in [1.807, 2.05) is 0 Å². The molecule has 1 saturated heterocycles. The van der Waals surface area contributed by atoms with Gasteiger partial charge in [-0.05, 0) is 19.1 Å². The monoisotopic (exact) mass is 329 g/mol. The van der Waals surface area contributed by atoms with Gasteiger partial charge in [0.2, 0.25) is 0 Å². The van der Waals surface area contributed by atoms with E-state index < -0.39 is 24.6 Å². The van der Waals surface area contributed by atoms with Gasteiger partial charge >= 0.3 is 12.6 Å². The lowest BCUT2D eigenvalue weighted by Crippen LogP contribution is -2.43. The number of nitrogens with one attached hydrogen (secondary N) is 2. The Bertz CT molecular complexity index is 597. The Morgan fingerprint density at radius 1 is 1.39 bits per heavy atom. The van der Waals surface area contributed by atoms with Crippen LogP contribution in [0.5, 0.6) is 11.5 Å². The molecule has 23 heavy (non-hydrogen) atoms. The number of anilines is 1. The third kappa shape index (κ3) is 3.99. The molecular weight excluding hydrogens is 312 g/mol. The van der Waals surface area contributed by atoms with Crippen LogP contribution in [-0.4, -0.2) is 49.7 Å². The lowest BCUT2D eigenvalue weighted by Gasteiger charge is -2.20. The van der Waals surface area contributed by atoms with Gasteiger partial charge in [-0.1, -0.05) is 0 Å². The average Bonchev–Trinajstić information content (AvgIpc) is 2.92. The molecule has 1 aromatic rings. The van der Waals surface area contributed by atoms with Crippen molar-refractivity contribution in [3.05, 3.63) is 18.2 Å². The molecule has 0 unspecified atom stereocenters. The van der Waals surface area contributed by atoms with E-state index in [9.17, 15) is 18.4 Å². The van der Waals surface area contributed by atoms with Crippen molar-refractivity contribution >= 4 is 17.6 Å². The zero-order valence-corrected chi connectivity index (χ0v) is 12.6.